The van der Waals surface area contributed by atoms with Crippen LogP contribution < -0.4 is 48.4 Å². The molecule has 1 amide bonds. The molecule has 4 heterocycles. The van der Waals surface area contributed by atoms with Gasteiger partial charge in [-0.05, 0) is 117 Å². The van der Waals surface area contributed by atoms with E-state index >= 15 is 0 Å². The predicted molar refractivity (Wildman–Crippen MR) is 179 cm³/mol. The number of carbonyl (C=O) groups is 1. The van der Waals surface area contributed by atoms with E-state index in [9.17, 15) is 4.79 Å². The third kappa shape index (κ3) is 9.58. The average Bonchev–Trinajstić information content (AvgIpc) is 3.07. The van der Waals surface area contributed by atoms with Gasteiger partial charge in [0.15, 0.2) is 40.4 Å². The van der Waals surface area contributed by atoms with Gasteiger partial charge >= 0.3 is 18.9 Å². The Hall–Kier alpha value is -1.88. The summed E-state index contributed by atoms with van der Waals surface area (Å²) in [5.74, 6) is 4.54. The predicted octanol–water partition coefficient (Wildman–Crippen LogP) is -0.418. The van der Waals surface area contributed by atoms with Gasteiger partial charge < -0.3 is 35.9 Å². The second-order valence-corrected chi connectivity index (χ2v) is 12.2. The molecule has 2 aromatic carbocycles. The number of carbonyl (C=O) groups excluding carboxylic acids is 1. The first-order valence-electron chi connectivity index (χ1n) is 15.9. The number of piperidine rings is 2. The molecule has 2 fully saturated rings. The third-order valence-corrected chi connectivity index (χ3v) is 9.49. The Morgan fingerprint density at radius 3 is 1.67 bits per heavy atom. The number of nitrogens with zero attached hydrogens (tertiary/aromatic N) is 2. The maximum Gasteiger partial charge on any atom is 1.00 e. The molecule has 0 saturated carbocycles. The average molecular weight is 633 g/mol. The van der Waals surface area contributed by atoms with Crippen LogP contribution in [-0.2, 0) is 30.7 Å². The summed E-state index contributed by atoms with van der Waals surface area (Å²) >= 11 is 0. The van der Waals surface area contributed by atoms with Crippen LogP contribution in [0.2, 0.25) is 0 Å². The van der Waals surface area contributed by atoms with Crippen molar-refractivity contribution < 1.29 is 44.0 Å². The van der Waals surface area contributed by atoms with E-state index in [0.29, 0.717) is 12.5 Å². The van der Waals surface area contributed by atoms with Crippen molar-refractivity contribution in [3.05, 3.63) is 46.5 Å². The van der Waals surface area contributed by atoms with Gasteiger partial charge in [-0.3, -0.25) is 9.69 Å². The van der Waals surface area contributed by atoms with E-state index in [1.807, 2.05) is 17.0 Å². The van der Waals surface area contributed by atoms with E-state index in [4.69, 9.17) is 18.9 Å². The maximum absolute atomic E-state index is 12.7. The molecule has 0 unspecified atom stereocenters. The van der Waals surface area contributed by atoms with Gasteiger partial charge in [0.2, 0.25) is 5.91 Å². The van der Waals surface area contributed by atoms with Crippen molar-refractivity contribution in [2.24, 2.45) is 11.8 Å². The smallest absolute Gasteiger partial charge is 1.00 e. The van der Waals surface area contributed by atoms with Gasteiger partial charge in [0.25, 0.3) is 0 Å². The number of nitrogens with one attached hydrogen (secondary N) is 2. The van der Waals surface area contributed by atoms with Gasteiger partial charge in [0.1, 0.15) is 0 Å². The number of ether oxygens (including phenoxy) is 4. The molecule has 11 heteroatoms. The molecule has 2 aromatic rings. The monoisotopic (exact) mass is 632 g/mol. The number of fused-ring (bicyclic) bond motifs is 2. The number of hydrogen-bond donors (Lipinski definition) is 2. The molecule has 0 aromatic heterocycles. The number of amides is 1. The van der Waals surface area contributed by atoms with Crippen molar-refractivity contribution in [2.45, 2.75) is 51.6 Å². The van der Waals surface area contributed by atoms with Crippen molar-refractivity contribution in [2.75, 3.05) is 74.3 Å². The molecular weight excluding hydrogens is 578 g/mol. The van der Waals surface area contributed by atoms with Crippen molar-refractivity contribution in [1.29, 1.82) is 0 Å². The summed E-state index contributed by atoms with van der Waals surface area (Å²) < 4.78 is 21.6. The summed E-state index contributed by atoms with van der Waals surface area (Å²) in [6.45, 7) is 9.17. The molecule has 0 radical (unpaired) electrons. The molecule has 4 aliphatic rings. The third-order valence-electron chi connectivity index (χ3n) is 9.49. The molecule has 6 rings (SSSR count). The second kappa shape index (κ2) is 18.5. The minimum absolute atomic E-state index is 0. The Balaban J connectivity index is 0.000000301. The van der Waals surface area contributed by atoms with Gasteiger partial charge in [-0.2, -0.15) is 0 Å². The fraction of sp³-hybridized carbons (Fsp3) is 0.618. The van der Waals surface area contributed by atoms with Crippen LogP contribution in [0.25, 0.3) is 0 Å². The van der Waals surface area contributed by atoms with Gasteiger partial charge in [-0.25, -0.2) is 0 Å². The van der Waals surface area contributed by atoms with E-state index in [1.165, 1.54) is 54.7 Å². The molecule has 2 saturated heterocycles. The van der Waals surface area contributed by atoms with Crippen LogP contribution in [0.4, 0.5) is 0 Å². The van der Waals surface area contributed by atoms with Crippen LogP contribution in [0.5, 0.6) is 23.0 Å². The molecule has 2 N–H and O–H groups in total. The zero-order valence-electron chi connectivity index (χ0n) is 28.5. The van der Waals surface area contributed by atoms with Gasteiger partial charge in [0.05, 0.1) is 28.4 Å². The van der Waals surface area contributed by atoms with E-state index in [-0.39, 0.29) is 43.6 Å². The summed E-state index contributed by atoms with van der Waals surface area (Å²) in [6.07, 6.45) is 6.53. The summed E-state index contributed by atoms with van der Waals surface area (Å²) in [6, 6.07) is 8.36. The standard InChI is InChI=1S/C17H24N2O3.C17H26N2O2.Al.Li.4H/c1-21-15-9-13-5-8-19(11-14(13)10-16(15)22-2)17(20)12-3-6-18-7-4-12;1-20-16-9-14-5-8-19(11-13-3-6-18-7-4-13)12-15(14)10-17(16)21-2;;;;;;/h9-10,12,18H,3-8,11H2,1-2H3;9-10,13,18H,3-8,11-12H2,1-2H3;;;;;;/q;;;+1;;;;-1. The van der Waals surface area contributed by atoms with Gasteiger partial charge in [-0.1, -0.05) is 0 Å². The molecule has 0 spiro atoms. The largest absolute Gasteiger partial charge is 1.00 e. The Kier molecular flexibility index (Phi) is 15.4. The first-order chi connectivity index (χ1) is 21.0. The molecule has 45 heavy (non-hydrogen) atoms. The van der Waals surface area contributed by atoms with Crippen LogP contribution >= 0.6 is 0 Å². The van der Waals surface area contributed by atoms with Crippen LogP contribution in [0, 0.1) is 11.8 Å². The van der Waals surface area contributed by atoms with Gasteiger partial charge in [-0.15, -0.1) is 0 Å². The van der Waals surface area contributed by atoms with Gasteiger partial charge in [0, 0.05) is 38.6 Å². The molecule has 0 aliphatic carbocycles. The van der Waals surface area contributed by atoms with Crippen molar-refractivity contribution in [3.63, 3.8) is 0 Å². The fourth-order valence-corrected chi connectivity index (χ4v) is 6.93. The number of rotatable bonds is 7. The molecule has 0 atom stereocenters. The van der Waals surface area contributed by atoms with Crippen molar-refractivity contribution in [3.8, 4) is 23.0 Å². The zero-order chi connectivity index (χ0) is 30.2. The SMILES string of the molecule is COc1cc2c(cc1OC)CN(C(=O)C1CCNCC1)CC2.COc1cc2c(cc1OC)CN(CC1CCNCC1)CC2.[AlH3].[H-].[Li+]. The Morgan fingerprint density at radius 1 is 0.711 bits per heavy atom. The Bertz CT molecular complexity index is 1250. The summed E-state index contributed by atoms with van der Waals surface area (Å²) in [4.78, 5) is 17.3. The molecule has 0 bridgehead atoms. The minimum atomic E-state index is 0. The van der Waals surface area contributed by atoms with Crippen molar-refractivity contribution in [1.82, 2.24) is 20.4 Å². The van der Waals surface area contributed by atoms with Crippen LogP contribution in [-0.4, -0.2) is 107 Å². The zero-order valence-corrected chi connectivity index (χ0v) is 27.5. The molecular formula is C34H54AlLiN4O5. The minimum Gasteiger partial charge on any atom is -1.00 e. The quantitative estimate of drug-likeness (QED) is 0.399. The molecule has 244 valence electrons. The summed E-state index contributed by atoms with van der Waals surface area (Å²) in [7, 11) is 6.71. The van der Waals surface area contributed by atoms with Crippen LogP contribution in [0.3, 0.4) is 0 Å². The van der Waals surface area contributed by atoms with E-state index in [2.05, 4.69) is 27.7 Å². The Labute approximate surface area is 293 Å². The van der Waals surface area contributed by atoms with Crippen molar-refractivity contribution >= 4 is 23.3 Å². The van der Waals surface area contributed by atoms with E-state index in [1.54, 1.807) is 28.4 Å². The number of hydrogen-bond acceptors (Lipinski definition) is 8. The second-order valence-electron chi connectivity index (χ2n) is 12.2. The van der Waals surface area contributed by atoms with Crippen LogP contribution in [0.1, 0.15) is 49.4 Å². The molecule has 4 aliphatic heterocycles. The van der Waals surface area contributed by atoms with E-state index in [0.717, 1.165) is 87.3 Å². The summed E-state index contributed by atoms with van der Waals surface area (Å²) in [5, 5.41) is 6.76. The number of methoxy groups -OCH3 is 4. The maximum atomic E-state index is 12.7. The fourth-order valence-electron chi connectivity index (χ4n) is 6.93. The van der Waals surface area contributed by atoms with Crippen LogP contribution in [0.15, 0.2) is 24.3 Å². The number of benzene rings is 2. The molecule has 9 nitrogen and oxygen atoms in total. The Morgan fingerprint density at radius 2 is 1.16 bits per heavy atom. The first kappa shape index (κ1) is 37.6. The first-order valence-corrected chi connectivity index (χ1v) is 15.9. The van der Waals surface area contributed by atoms with E-state index < -0.39 is 0 Å². The topological polar surface area (TPSA) is 84.5 Å². The normalized spacial score (nSPS) is 18.5. The summed E-state index contributed by atoms with van der Waals surface area (Å²) in [5.41, 5.74) is 5.24.